The van der Waals surface area contributed by atoms with Gasteiger partial charge in [0, 0.05) is 36.6 Å². The van der Waals surface area contributed by atoms with E-state index in [1.165, 1.54) is 4.57 Å². The number of likely N-dealkylation sites (tertiary alicyclic amines) is 1. The predicted molar refractivity (Wildman–Crippen MR) is 115 cm³/mol. The zero-order valence-corrected chi connectivity index (χ0v) is 17.7. The summed E-state index contributed by atoms with van der Waals surface area (Å²) < 4.78 is 43.5. The number of alkyl halides is 3. The van der Waals surface area contributed by atoms with E-state index >= 15 is 0 Å². The summed E-state index contributed by atoms with van der Waals surface area (Å²) in [5.41, 5.74) is 3.27. The maximum absolute atomic E-state index is 14.3. The number of anilines is 1. The number of nitrogens with zero attached hydrogens (tertiary/aromatic N) is 7. The molecule has 168 valence electrons. The van der Waals surface area contributed by atoms with Gasteiger partial charge in [0.05, 0.1) is 29.8 Å². The quantitative estimate of drug-likeness (QED) is 0.510. The van der Waals surface area contributed by atoms with E-state index in [4.69, 9.17) is 0 Å². The van der Waals surface area contributed by atoms with Gasteiger partial charge < -0.3 is 14.8 Å². The van der Waals surface area contributed by atoms with Crippen LogP contribution in [0.1, 0.15) is 12.2 Å². The molecule has 32 heavy (non-hydrogen) atoms. The van der Waals surface area contributed by atoms with Crippen LogP contribution >= 0.6 is 0 Å². The van der Waals surface area contributed by atoms with Gasteiger partial charge in [-0.25, -0.2) is 32.6 Å². The Kier molecular flexibility index (Phi) is 5.20. The van der Waals surface area contributed by atoms with Crippen molar-refractivity contribution in [3.8, 4) is 11.1 Å². The summed E-state index contributed by atoms with van der Waals surface area (Å²) in [6, 6.07) is 3.34. The van der Waals surface area contributed by atoms with Crippen LogP contribution in [0, 0.1) is 6.92 Å². The van der Waals surface area contributed by atoms with E-state index in [2.05, 4.69) is 25.4 Å². The summed E-state index contributed by atoms with van der Waals surface area (Å²) >= 11 is 0. The first-order valence-corrected chi connectivity index (χ1v) is 10.4. The van der Waals surface area contributed by atoms with Crippen LogP contribution in [0.5, 0.6) is 0 Å². The first-order chi connectivity index (χ1) is 15.4. The molecule has 1 saturated heterocycles. The van der Waals surface area contributed by atoms with E-state index in [0.717, 1.165) is 23.2 Å². The molecule has 0 saturated carbocycles. The fraction of sp³-hybridized carbons (Fsp3) is 0.429. The second-order valence-electron chi connectivity index (χ2n) is 8.19. The Labute approximate surface area is 182 Å². The zero-order valence-electron chi connectivity index (χ0n) is 17.7. The molecule has 5 rings (SSSR count). The van der Waals surface area contributed by atoms with Crippen molar-refractivity contribution in [2.45, 2.75) is 38.5 Å². The summed E-state index contributed by atoms with van der Waals surface area (Å²) in [6.45, 7) is 2.44. The van der Waals surface area contributed by atoms with E-state index < -0.39 is 19.1 Å². The molecule has 0 radical (unpaired) electrons. The van der Waals surface area contributed by atoms with Gasteiger partial charge in [0.2, 0.25) is 5.95 Å². The molecule has 0 spiro atoms. The van der Waals surface area contributed by atoms with Crippen LogP contribution in [0.15, 0.2) is 30.7 Å². The fourth-order valence-corrected chi connectivity index (χ4v) is 4.23. The number of nitrogens with one attached hydrogen (secondary N) is 1. The molecule has 0 bridgehead atoms. The highest BCUT2D eigenvalue weighted by molar-refractivity contribution is 5.85. The molecule has 0 amide bonds. The molecule has 8 nitrogen and oxygen atoms in total. The molecule has 11 heteroatoms. The third kappa shape index (κ3) is 3.77. The molecule has 4 aromatic rings. The molecule has 1 N–H and O–H groups in total. The Morgan fingerprint density at radius 3 is 2.84 bits per heavy atom. The second-order valence-corrected chi connectivity index (χ2v) is 8.19. The molecule has 0 aliphatic carbocycles. The number of rotatable bonds is 5. The highest BCUT2D eigenvalue weighted by Gasteiger charge is 2.28. The van der Waals surface area contributed by atoms with Gasteiger partial charge in [-0.15, -0.1) is 5.10 Å². The Morgan fingerprint density at radius 2 is 2.06 bits per heavy atom. The summed E-state index contributed by atoms with van der Waals surface area (Å²) in [5.74, 6) is 0.849. The smallest absolute Gasteiger partial charge is 0.256 e. The largest absolute Gasteiger partial charge is 0.347 e. The molecular formula is C21H23F3N8. The third-order valence-corrected chi connectivity index (χ3v) is 5.90. The number of imidazole rings is 1. The minimum Gasteiger partial charge on any atom is -0.347 e. The molecular weight excluding hydrogens is 421 g/mol. The van der Waals surface area contributed by atoms with E-state index in [0.29, 0.717) is 35.9 Å². The van der Waals surface area contributed by atoms with Crippen molar-refractivity contribution in [1.29, 1.82) is 0 Å². The summed E-state index contributed by atoms with van der Waals surface area (Å²) in [7, 11) is 1.90. The predicted octanol–water partition coefficient (Wildman–Crippen LogP) is 3.17. The van der Waals surface area contributed by atoms with Crippen LogP contribution in [0.3, 0.4) is 0 Å². The van der Waals surface area contributed by atoms with Crippen molar-refractivity contribution < 1.29 is 13.2 Å². The minimum atomic E-state index is -2.49. The number of hydrogen-bond acceptors (Lipinski definition) is 6. The molecule has 0 unspecified atom stereocenters. The zero-order chi connectivity index (χ0) is 22.4. The fourth-order valence-electron chi connectivity index (χ4n) is 4.23. The first kappa shape index (κ1) is 20.7. The lowest BCUT2D eigenvalue weighted by molar-refractivity contribution is 0.127. The van der Waals surface area contributed by atoms with E-state index in [1.807, 2.05) is 18.0 Å². The van der Waals surface area contributed by atoms with Crippen molar-refractivity contribution in [3.63, 3.8) is 0 Å². The van der Waals surface area contributed by atoms with Crippen molar-refractivity contribution in [3.05, 3.63) is 36.5 Å². The number of halogens is 3. The van der Waals surface area contributed by atoms with Crippen LogP contribution in [0.2, 0.25) is 0 Å². The molecule has 0 aromatic carbocycles. The number of aromatic nitrogens is 6. The third-order valence-electron chi connectivity index (χ3n) is 5.90. The Bertz CT molecular complexity index is 1270. The normalized spacial score (nSPS) is 19.9. The highest BCUT2D eigenvalue weighted by Crippen LogP contribution is 2.28. The molecule has 1 fully saturated rings. The van der Waals surface area contributed by atoms with Crippen molar-refractivity contribution in [1.82, 2.24) is 34.0 Å². The lowest BCUT2D eigenvalue weighted by atomic mass is 10.0. The van der Waals surface area contributed by atoms with Gasteiger partial charge in [0.1, 0.15) is 12.0 Å². The number of aryl methyl sites for hydroxylation is 1. The van der Waals surface area contributed by atoms with Gasteiger partial charge in [-0.1, -0.05) is 0 Å². The Balaban J connectivity index is 1.45. The van der Waals surface area contributed by atoms with Crippen LogP contribution in [0.4, 0.5) is 19.1 Å². The average Bonchev–Trinajstić information content (AvgIpc) is 3.30. The first-order valence-electron chi connectivity index (χ1n) is 10.4. The van der Waals surface area contributed by atoms with E-state index in [-0.39, 0.29) is 6.04 Å². The van der Waals surface area contributed by atoms with Crippen LogP contribution in [-0.4, -0.2) is 72.8 Å². The highest BCUT2D eigenvalue weighted by atomic mass is 19.3. The van der Waals surface area contributed by atoms with Gasteiger partial charge in [-0.2, -0.15) is 0 Å². The van der Waals surface area contributed by atoms with Crippen molar-refractivity contribution in [2.75, 3.05) is 25.5 Å². The van der Waals surface area contributed by atoms with Crippen LogP contribution < -0.4 is 5.32 Å². The van der Waals surface area contributed by atoms with Gasteiger partial charge in [-0.05, 0) is 32.5 Å². The Morgan fingerprint density at radius 1 is 1.22 bits per heavy atom. The summed E-state index contributed by atoms with van der Waals surface area (Å²) in [4.78, 5) is 15.0. The average molecular weight is 444 g/mol. The maximum atomic E-state index is 14.3. The lowest BCUT2D eigenvalue weighted by Crippen LogP contribution is -2.46. The standard InChI is InChI=1S/C21H23F3N8/c1-12-27-20-17(31(12)11-19(23)24)7-13(8-25-20)14-3-6-32-18(14)9-26-21(29-32)28-16-4-5-30(2)10-15(16)22/h3,6-9,15-16,19H,4-5,10-11H2,1-2H3,(H,28,29)/t15-,16-/m1/s1. The van der Waals surface area contributed by atoms with Gasteiger partial charge >= 0.3 is 0 Å². The van der Waals surface area contributed by atoms with E-state index in [9.17, 15) is 13.2 Å². The van der Waals surface area contributed by atoms with Gasteiger partial charge in [-0.3, -0.25) is 0 Å². The molecule has 5 heterocycles. The van der Waals surface area contributed by atoms with E-state index in [1.54, 1.807) is 36.1 Å². The summed E-state index contributed by atoms with van der Waals surface area (Å²) in [6.07, 6.45) is 2.30. The SMILES string of the molecule is Cc1nc2ncc(-c3ccn4nc(N[C@@H]5CCN(C)C[C@H]5F)ncc34)cc2n1CC(F)F. The van der Waals surface area contributed by atoms with Gasteiger partial charge in [0.15, 0.2) is 5.65 Å². The topological polar surface area (TPSA) is 76.2 Å². The number of hydrogen-bond donors (Lipinski definition) is 1. The van der Waals surface area contributed by atoms with Crippen LogP contribution in [-0.2, 0) is 6.54 Å². The van der Waals surface area contributed by atoms with Crippen molar-refractivity contribution >= 4 is 22.6 Å². The lowest BCUT2D eigenvalue weighted by Gasteiger charge is -2.32. The molecule has 4 aromatic heterocycles. The number of piperidine rings is 1. The van der Waals surface area contributed by atoms with Crippen LogP contribution in [0.25, 0.3) is 27.8 Å². The molecule has 1 aliphatic rings. The van der Waals surface area contributed by atoms with Crippen molar-refractivity contribution in [2.24, 2.45) is 0 Å². The monoisotopic (exact) mass is 444 g/mol. The minimum absolute atomic E-state index is 0.330. The molecule has 2 atom stereocenters. The number of pyridine rings is 1. The molecule has 1 aliphatic heterocycles. The summed E-state index contributed by atoms with van der Waals surface area (Å²) in [5, 5.41) is 7.57. The van der Waals surface area contributed by atoms with Gasteiger partial charge in [0.25, 0.3) is 6.43 Å². The number of fused-ring (bicyclic) bond motifs is 2. The second kappa shape index (κ2) is 8.05. The Hall–Kier alpha value is -3.21. The maximum Gasteiger partial charge on any atom is 0.256 e.